The number of hydrogen-bond acceptors (Lipinski definition) is 6. The lowest BCUT2D eigenvalue weighted by Crippen LogP contribution is -2.30. The molecule has 9 heteroatoms. The molecule has 1 aliphatic carbocycles. The van der Waals surface area contributed by atoms with E-state index in [1.54, 1.807) is 12.4 Å². The van der Waals surface area contributed by atoms with Gasteiger partial charge in [-0.3, -0.25) is 0 Å². The molecule has 0 bridgehead atoms. The van der Waals surface area contributed by atoms with Crippen LogP contribution in [0.3, 0.4) is 0 Å². The third-order valence-electron chi connectivity index (χ3n) is 5.48. The Balaban J connectivity index is 1.37. The van der Waals surface area contributed by atoms with Crippen LogP contribution in [-0.4, -0.2) is 48.3 Å². The molecule has 1 saturated carbocycles. The maximum absolute atomic E-state index is 14.3. The third-order valence-corrected chi connectivity index (χ3v) is 5.48. The van der Waals surface area contributed by atoms with Crippen LogP contribution in [0.1, 0.15) is 32.6 Å². The summed E-state index contributed by atoms with van der Waals surface area (Å²) in [4.78, 5) is 16.2. The first-order valence-electron chi connectivity index (χ1n) is 9.93. The average Bonchev–Trinajstić information content (AvgIpc) is 3.36. The molecule has 5 rings (SSSR count). The molecule has 0 spiro atoms. The Bertz CT molecular complexity index is 1150. The summed E-state index contributed by atoms with van der Waals surface area (Å²) in [6, 6.07) is 1.80. The summed E-state index contributed by atoms with van der Waals surface area (Å²) in [5.41, 5.74) is 2.42. The van der Waals surface area contributed by atoms with Crippen molar-refractivity contribution in [3.8, 4) is 11.1 Å². The number of aromatic amines is 1. The fourth-order valence-corrected chi connectivity index (χ4v) is 4.04. The molecule has 2 N–H and O–H groups in total. The van der Waals surface area contributed by atoms with Crippen molar-refractivity contribution in [2.75, 3.05) is 11.9 Å². The molecule has 0 atom stereocenters. The van der Waals surface area contributed by atoms with Crippen LogP contribution < -0.4 is 5.32 Å². The standard InChI is InChI=1S/C20H22FN7O/c1-2-29-14-5-3-13(4-6-14)26-20-23-9-16-15(8-22-18(16)27-20)12-7-17(21)19-24-11-25-28(19)10-12/h7-11,13-14H,2-6H2,1H3,(H2,22,23,26,27)/t13-,14+. The van der Waals surface area contributed by atoms with Crippen molar-refractivity contribution in [3.63, 3.8) is 0 Å². The number of hydrogen-bond donors (Lipinski definition) is 2. The van der Waals surface area contributed by atoms with Gasteiger partial charge in [-0.15, -0.1) is 0 Å². The van der Waals surface area contributed by atoms with Crippen LogP contribution in [0.15, 0.2) is 31.0 Å². The Morgan fingerprint density at radius 3 is 2.97 bits per heavy atom. The van der Waals surface area contributed by atoms with Crippen molar-refractivity contribution in [1.29, 1.82) is 0 Å². The highest BCUT2D eigenvalue weighted by Crippen LogP contribution is 2.29. The zero-order valence-corrected chi connectivity index (χ0v) is 16.1. The second-order valence-corrected chi connectivity index (χ2v) is 7.34. The summed E-state index contributed by atoms with van der Waals surface area (Å²) in [7, 11) is 0. The average molecular weight is 395 g/mol. The highest BCUT2D eigenvalue weighted by molar-refractivity contribution is 5.93. The van der Waals surface area contributed by atoms with Gasteiger partial charge in [0.05, 0.1) is 6.10 Å². The fourth-order valence-electron chi connectivity index (χ4n) is 4.04. The number of ether oxygens (including phenoxy) is 1. The lowest BCUT2D eigenvalue weighted by Gasteiger charge is -2.28. The van der Waals surface area contributed by atoms with Crippen molar-refractivity contribution >= 4 is 22.6 Å². The summed E-state index contributed by atoms with van der Waals surface area (Å²) < 4.78 is 21.4. The Kier molecular flexibility index (Phi) is 4.59. The van der Waals surface area contributed by atoms with Gasteiger partial charge in [-0.25, -0.2) is 18.9 Å². The van der Waals surface area contributed by atoms with Crippen molar-refractivity contribution in [2.45, 2.75) is 44.8 Å². The Labute approximate surface area is 166 Å². The van der Waals surface area contributed by atoms with Gasteiger partial charge in [-0.2, -0.15) is 10.1 Å². The van der Waals surface area contributed by atoms with Gasteiger partial charge in [-0.05, 0) is 38.7 Å². The molecule has 0 aliphatic heterocycles. The normalized spacial score (nSPS) is 19.8. The molecule has 0 aromatic carbocycles. The number of nitrogens with zero attached hydrogens (tertiary/aromatic N) is 5. The topological polar surface area (TPSA) is 93.0 Å². The number of rotatable bonds is 5. The Morgan fingerprint density at radius 2 is 2.14 bits per heavy atom. The molecule has 8 nitrogen and oxygen atoms in total. The predicted octanol–water partition coefficient (Wildman–Crippen LogP) is 3.57. The van der Waals surface area contributed by atoms with E-state index in [0.29, 0.717) is 29.3 Å². The van der Waals surface area contributed by atoms with Gasteiger partial charge in [0.15, 0.2) is 11.5 Å². The number of halogens is 1. The summed E-state index contributed by atoms with van der Waals surface area (Å²) in [6.07, 6.45) is 11.2. The van der Waals surface area contributed by atoms with Crippen LogP contribution in [0, 0.1) is 5.82 Å². The summed E-state index contributed by atoms with van der Waals surface area (Å²) in [5.74, 6) is 0.180. The number of aromatic nitrogens is 6. The third kappa shape index (κ3) is 3.42. The molecule has 4 aromatic heterocycles. The van der Waals surface area contributed by atoms with E-state index in [1.165, 1.54) is 16.9 Å². The molecular weight excluding hydrogens is 373 g/mol. The SMILES string of the molecule is CCO[C@H]1CC[C@@H](Nc2ncc3c(-c4cc(F)c5ncnn5c4)c[nH]c3n2)CC1. The zero-order chi connectivity index (χ0) is 19.8. The minimum atomic E-state index is -0.420. The van der Waals surface area contributed by atoms with Crippen LogP contribution in [0.2, 0.25) is 0 Å². The molecule has 0 amide bonds. The van der Waals surface area contributed by atoms with Gasteiger partial charge in [0.1, 0.15) is 12.0 Å². The van der Waals surface area contributed by atoms with Gasteiger partial charge in [0.25, 0.3) is 0 Å². The van der Waals surface area contributed by atoms with E-state index < -0.39 is 5.82 Å². The van der Waals surface area contributed by atoms with Crippen molar-refractivity contribution in [2.24, 2.45) is 0 Å². The van der Waals surface area contributed by atoms with Crippen LogP contribution in [0.25, 0.3) is 27.8 Å². The highest BCUT2D eigenvalue weighted by atomic mass is 19.1. The van der Waals surface area contributed by atoms with Gasteiger partial charge in [0.2, 0.25) is 5.95 Å². The first-order chi connectivity index (χ1) is 14.2. The molecule has 29 heavy (non-hydrogen) atoms. The van der Waals surface area contributed by atoms with E-state index in [4.69, 9.17) is 4.74 Å². The second-order valence-electron chi connectivity index (χ2n) is 7.34. The second kappa shape index (κ2) is 7.40. The molecule has 0 unspecified atom stereocenters. The molecular formula is C20H22FN7O. The first-order valence-corrected chi connectivity index (χ1v) is 9.93. The van der Waals surface area contributed by atoms with Crippen LogP contribution >= 0.6 is 0 Å². The molecule has 4 heterocycles. The summed E-state index contributed by atoms with van der Waals surface area (Å²) in [5, 5.41) is 8.29. The van der Waals surface area contributed by atoms with Crippen molar-refractivity contribution in [3.05, 3.63) is 36.8 Å². The van der Waals surface area contributed by atoms with Crippen LogP contribution in [-0.2, 0) is 4.74 Å². The Morgan fingerprint density at radius 1 is 1.28 bits per heavy atom. The Hall–Kier alpha value is -3.07. The van der Waals surface area contributed by atoms with E-state index in [-0.39, 0.29) is 5.65 Å². The maximum atomic E-state index is 14.3. The lowest BCUT2D eigenvalue weighted by molar-refractivity contribution is 0.0346. The first kappa shape index (κ1) is 18.0. The van der Waals surface area contributed by atoms with Crippen molar-refractivity contribution in [1.82, 2.24) is 29.5 Å². The van der Waals surface area contributed by atoms with E-state index in [1.807, 2.05) is 13.1 Å². The number of H-pyrrole nitrogens is 1. The fraction of sp³-hybridized carbons (Fsp3) is 0.400. The molecule has 1 aliphatic rings. The molecule has 1 fully saturated rings. The van der Waals surface area contributed by atoms with Gasteiger partial charge in [0, 0.05) is 47.8 Å². The number of fused-ring (bicyclic) bond motifs is 2. The molecule has 0 saturated heterocycles. The summed E-state index contributed by atoms with van der Waals surface area (Å²) >= 11 is 0. The van der Waals surface area contributed by atoms with Crippen LogP contribution in [0.5, 0.6) is 0 Å². The monoisotopic (exact) mass is 395 g/mol. The largest absolute Gasteiger partial charge is 0.379 e. The lowest BCUT2D eigenvalue weighted by atomic mass is 9.93. The molecule has 0 radical (unpaired) electrons. The van der Waals surface area contributed by atoms with Crippen molar-refractivity contribution < 1.29 is 9.13 Å². The van der Waals surface area contributed by atoms with E-state index >= 15 is 0 Å². The molecule has 150 valence electrons. The highest BCUT2D eigenvalue weighted by Gasteiger charge is 2.22. The minimum Gasteiger partial charge on any atom is -0.379 e. The zero-order valence-electron chi connectivity index (χ0n) is 16.1. The quantitative estimate of drug-likeness (QED) is 0.537. The van der Waals surface area contributed by atoms with Gasteiger partial charge in [-0.1, -0.05) is 0 Å². The predicted molar refractivity (Wildman–Crippen MR) is 107 cm³/mol. The van der Waals surface area contributed by atoms with Crippen LogP contribution in [0.4, 0.5) is 10.3 Å². The van der Waals surface area contributed by atoms with Gasteiger partial charge < -0.3 is 15.0 Å². The number of pyridine rings is 1. The maximum Gasteiger partial charge on any atom is 0.224 e. The van der Waals surface area contributed by atoms with Gasteiger partial charge >= 0.3 is 0 Å². The van der Waals surface area contributed by atoms with E-state index in [0.717, 1.165) is 43.2 Å². The number of nitrogens with one attached hydrogen (secondary N) is 2. The number of anilines is 1. The summed E-state index contributed by atoms with van der Waals surface area (Å²) in [6.45, 7) is 2.81. The van der Waals surface area contributed by atoms with E-state index in [9.17, 15) is 4.39 Å². The minimum absolute atomic E-state index is 0.204. The molecule has 4 aromatic rings. The smallest absolute Gasteiger partial charge is 0.224 e. The van der Waals surface area contributed by atoms with E-state index in [2.05, 4.69) is 30.4 Å².